The second-order valence-corrected chi connectivity index (χ2v) is 17.5. The number of hydroxylamine groups is 2. The number of para-hydroxylation sites is 1. The third-order valence-electron chi connectivity index (χ3n) is 12.4. The summed E-state index contributed by atoms with van der Waals surface area (Å²) in [5.74, 6) is 1.75. The molecule has 2 amide bonds. The number of benzene rings is 2. The summed E-state index contributed by atoms with van der Waals surface area (Å²) in [6.45, 7) is 11.0. The van der Waals surface area contributed by atoms with Crippen molar-refractivity contribution >= 4 is 29.1 Å². The van der Waals surface area contributed by atoms with Crippen LogP contribution in [0.1, 0.15) is 69.8 Å². The van der Waals surface area contributed by atoms with Crippen molar-refractivity contribution in [1.29, 1.82) is 0 Å². The van der Waals surface area contributed by atoms with E-state index in [4.69, 9.17) is 21.2 Å². The minimum atomic E-state index is -0.913. The van der Waals surface area contributed by atoms with Gasteiger partial charge in [-0.25, -0.2) is 0 Å². The van der Waals surface area contributed by atoms with E-state index in [-0.39, 0.29) is 48.4 Å². The average Bonchev–Trinajstić information content (AvgIpc) is 3.49. The lowest BCUT2D eigenvalue weighted by molar-refractivity contribution is -0.183. The van der Waals surface area contributed by atoms with Crippen LogP contribution in [0, 0.1) is 35.0 Å². The van der Waals surface area contributed by atoms with Crippen molar-refractivity contribution in [3.8, 4) is 16.9 Å². The highest BCUT2D eigenvalue weighted by Crippen LogP contribution is 2.62. The fourth-order valence-electron chi connectivity index (χ4n) is 9.47. The highest BCUT2D eigenvalue weighted by Gasteiger charge is 2.59. The zero-order valence-corrected chi connectivity index (χ0v) is 34.7. The number of hydrogen-bond donors (Lipinski definition) is 4. The number of nitrogens with one attached hydrogen (secondary N) is 2. The molecule has 12 heteroatoms. The first-order chi connectivity index (χ1) is 25.5. The van der Waals surface area contributed by atoms with Crippen LogP contribution in [0.25, 0.3) is 11.1 Å². The molecule has 0 aromatic heterocycles. The predicted octanol–water partition coefficient (Wildman–Crippen LogP) is 5.01. The van der Waals surface area contributed by atoms with Gasteiger partial charge in [-0.15, -0.1) is 11.6 Å². The van der Waals surface area contributed by atoms with Crippen molar-refractivity contribution in [2.75, 3.05) is 59.2 Å². The fraction of sp³-hybridized carbons (Fsp3) is 0.667. The first-order valence-electron chi connectivity index (χ1n) is 19.6. The lowest BCUT2D eigenvalue weighted by Gasteiger charge is -2.62. The normalized spacial score (nSPS) is 29.1. The molecule has 0 radical (unpaired) electrons. The number of methoxy groups -OCH3 is 1. The van der Waals surface area contributed by atoms with Crippen LogP contribution in [0.15, 0.2) is 36.4 Å². The SMILES string of the molecule is COc1c(CN2O[C@@H](CO)[C@@H]([C@H](C)O)[C@H]2C(=O)N[C@H]2C[C@H]3C[C@@H]([C@@H]2C)C3(C)CCl)cccc1-c1cc(C(=O)N[C@@H](CC(C)C)CN(C)C)cc(N(C)C)c1. The van der Waals surface area contributed by atoms with Gasteiger partial charge in [0, 0.05) is 66.9 Å². The molecule has 1 heterocycles. The molecule has 2 aromatic carbocycles. The number of carbonyl (C=O) groups excluding carboxylic acids is 2. The summed E-state index contributed by atoms with van der Waals surface area (Å²) in [6, 6.07) is 10.8. The lowest BCUT2D eigenvalue weighted by Crippen LogP contribution is -2.64. The van der Waals surface area contributed by atoms with Crippen LogP contribution in [0.5, 0.6) is 5.75 Å². The second kappa shape index (κ2) is 17.5. The summed E-state index contributed by atoms with van der Waals surface area (Å²) in [5.41, 5.74) is 3.84. The van der Waals surface area contributed by atoms with Gasteiger partial charge in [0.2, 0.25) is 5.91 Å². The van der Waals surface area contributed by atoms with E-state index < -0.39 is 24.2 Å². The Morgan fingerprint density at radius 3 is 2.43 bits per heavy atom. The molecular weight excluding hydrogens is 706 g/mol. The van der Waals surface area contributed by atoms with E-state index in [1.165, 1.54) is 0 Å². The van der Waals surface area contributed by atoms with Crippen LogP contribution in [0.2, 0.25) is 0 Å². The number of aliphatic hydroxyl groups is 2. The number of nitrogens with zero attached hydrogens (tertiary/aromatic N) is 3. The molecule has 3 aliphatic carbocycles. The molecule has 300 valence electrons. The quantitative estimate of drug-likeness (QED) is 0.174. The summed E-state index contributed by atoms with van der Waals surface area (Å²) in [7, 11) is 9.52. The van der Waals surface area contributed by atoms with Gasteiger partial charge in [-0.1, -0.05) is 45.9 Å². The van der Waals surface area contributed by atoms with E-state index in [9.17, 15) is 19.8 Å². The predicted molar refractivity (Wildman–Crippen MR) is 215 cm³/mol. The Morgan fingerprint density at radius 1 is 1.13 bits per heavy atom. The van der Waals surface area contributed by atoms with Crippen molar-refractivity contribution in [3.63, 3.8) is 0 Å². The Kier molecular flexibility index (Phi) is 13.7. The van der Waals surface area contributed by atoms with Gasteiger partial charge >= 0.3 is 0 Å². The van der Waals surface area contributed by atoms with Crippen molar-refractivity contribution < 1.29 is 29.4 Å². The fourth-order valence-corrected chi connectivity index (χ4v) is 9.89. The highest BCUT2D eigenvalue weighted by atomic mass is 35.5. The van der Waals surface area contributed by atoms with E-state index in [1.54, 1.807) is 19.1 Å². The smallest absolute Gasteiger partial charge is 0.251 e. The van der Waals surface area contributed by atoms with E-state index in [1.807, 2.05) is 69.5 Å². The van der Waals surface area contributed by atoms with E-state index in [0.29, 0.717) is 34.9 Å². The molecular formula is C42H64ClN5O6. The molecule has 54 heavy (non-hydrogen) atoms. The molecule has 11 nitrogen and oxygen atoms in total. The lowest BCUT2D eigenvalue weighted by atomic mass is 9.44. The molecule has 6 rings (SSSR count). The molecule has 10 atom stereocenters. The number of alkyl halides is 1. The average molecular weight is 770 g/mol. The molecule has 2 aromatic rings. The van der Waals surface area contributed by atoms with Crippen molar-refractivity contribution in [2.24, 2.45) is 35.0 Å². The van der Waals surface area contributed by atoms with Crippen molar-refractivity contribution in [3.05, 3.63) is 47.5 Å². The Balaban J connectivity index is 1.45. The van der Waals surface area contributed by atoms with Crippen LogP contribution < -0.4 is 20.3 Å². The molecule has 0 spiro atoms. The largest absolute Gasteiger partial charge is 0.496 e. The summed E-state index contributed by atoms with van der Waals surface area (Å²) in [6.07, 6.45) is 1.17. The monoisotopic (exact) mass is 769 g/mol. The van der Waals surface area contributed by atoms with Gasteiger partial charge in [0.1, 0.15) is 17.9 Å². The van der Waals surface area contributed by atoms with Gasteiger partial charge in [-0.05, 0) is 93.1 Å². The van der Waals surface area contributed by atoms with Gasteiger partial charge in [0.15, 0.2) is 0 Å². The zero-order chi connectivity index (χ0) is 39.6. The Morgan fingerprint density at radius 2 is 1.85 bits per heavy atom. The number of ether oxygens (including phenoxy) is 1. The van der Waals surface area contributed by atoms with Gasteiger partial charge < -0.3 is 35.4 Å². The van der Waals surface area contributed by atoms with E-state index >= 15 is 0 Å². The molecule has 4 fully saturated rings. The minimum absolute atomic E-state index is 0.00602. The minimum Gasteiger partial charge on any atom is -0.496 e. The Hall–Kier alpha value is -2.93. The molecule has 3 saturated carbocycles. The number of hydrogen-bond acceptors (Lipinski definition) is 9. The second-order valence-electron chi connectivity index (χ2n) is 17.3. The number of halogens is 1. The van der Waals surface area contributed by atoms with Gasteiger partial charge in [0.25, 0.3) is 5.91 Å². The molecule has 1 saturated heterocycles. The number of rotatable bonds is 16. The number of fused-ring (bicyclic) bond motifs is 2. The van der Waals surface area contributed by atoms with Gasteiger partial charge in [-0.3, -0.25) is 14.4 Å². The molecule has 2 bridgehead atoms. The molecule has 1 aliphatic heterocycles. The first-order valence-corrected chi connectivity index (χ1v) is 20.1. The first kappa shape index (κ1) is 42.2. The maximum Gasteiger partial charge on any atom is 0.251 e. The highest BCUT2D eigenvalue weighted by molar-refractivity contribution is 6.18. The Labute approximate surface area is 327 Å². The van der Waals surface area contributed by atoms with Crippen LogP contribution in [-0.2, 0) is 16.2 Å². The number of anilines is 1. The molecule has 4 aliphatic rings. The van der Waals surface area contributed by atoms with Crippen LogP contribution in [0.3, 0.4) is 0 Å². The number of carbonyl (C=O) groups is 2. The van der Waals surface area contributed by atoms with E-state index in [2.05, 4.69) is 43.2 Å². The third-order valence-corrected chi connectivity index (χ3v) is 13.0. The number of aliphatic hydroxyl groups excluding tert-OH is 2. The molecule has 1 unspecified atom stereocenters. The zero-order valence-electron chi connectivity index (χ0n) is 33.9. The summed E-state index contributed by atoms with van der Waals surface area (Å²) >= 11 is 6.42. The Bertz CT molecular complexity index is 1610. The maximum absolute atomic E-state index is 14.3. The number of likely N-dealkylation sites (N-methyl/N-ethyl adjacent to an activating group) is 1. The van der Waals surface area contributed by atoms with Crippen LogP contribution >= 0.6 is 11.6 Å². The van der Waals surface area contributed by atoms with Crippen molar-refractivity contribution in [2.45, 2.75) is 90.8 Å². The van der Waals surface area contributed by atoms with Crippen LogP contribution in [0.4, 0.5) is 5.69 Å². The van der Waals surface area contributed by atoms with Gasteiger partial charge in [-0.2, -0.15) is 5.06 Å². The maximum atomic E-state index is 14.3. The van der Waals surface area contributed by atoms with Gasteiger partial charge in [0.05, 0.1) is 26.4 Å². The number of amides is 2. The van der Waals surface area contributed by atoms with Crippen LogP contribution in [-0.4, -0.2) is 117 Å². The van der Waals surface area contributed by atoms with Crippen molar-refractivity contribution in [1.82, 2.24) is 20.6 Å². The van der Waals surface area contributed by atoms with E-state index in [0.717, 1.165) is 48.2 Å². The summed E-state index contributed by atoms with van der Waals surface area (Å²) in [5, 5.41) is 29.5. The third kappa shape index (κ3) is 8.71. The summed E-state index contributed by atoms with van der Waals surface area (Å²) < 4.78 is 6.09. The standard InChI is InChI=1S/C42H64ClN5O6/c1-24(2)14-31(21-46(6)7)44-40(51)29-15-28(16-32(17-29)47(8)9)33-13-11-12-27(39(33)53-10)20-48-38(37(26(4)50)36(22-49)54-48)41(52)45-35-19-30-18-34(25(35)3)42(30,5)23-43/h11-13,15-17,24-26,30-31,34-38,49-50H,14,18-23H2,1-10H3,(H,44,51)(H,45,52)/t25-,26-,30+,31-,34-,35-,36-,37+,38-,42?/m0/s1. The summed E-state index contributed by atoms with van der Waals surface area (Å²) in [4.78, 5) is 38.5. The molecule has 4 N–H and O–H groups in total. The topological polar surface area (TPSA) is 127 Å².